The summed E-state index contributed by atoms with van der Waals surface area (Å²) in [6.07, 6.45) is 6.33. The highest BCUT2D eigenvalue weighted by Gasteiger charge is 2.40. The van der Waals surface area contributed by atoms with Gasteiger partial charge in [-0.05, 0) is 45.4 Å². The molecule has 2 fully saturated rings. The molecule has 25 heavy (non-hydrogen) atoms. The van der Waals surface area contributed by atoms with Crippen LogP contribution in [-0.4, -0.2) is 39.1 Å². The van der Waals surface area contributed by atoms with Crippen LogP contribution in [-0.2, 0) is 16.6 Å². The van der Waals surface area contributed by atoms with E-state index in [4.69, 9.17) is 0 Å². The van der Waals surface area contributed by atoms with Crippen molar-refractivity contribution < 1.29 is 9.59 Å². The van der Waals surface area contributed by atoms with Gasteiger partial charge in [0.05, 0.1) is 11.7 Å². The van der Waals surface area contributed by atoms with Gasteiger partial charge in [0.2, 0.25) is 11.8 Å². The van der Waals surface area contributed by atoms with E-state index in [0.717, 1.165) is 56.5 Å². The normalized spacial score (nSPS) is 22.4. The molecule has 1 aliphatic carbocycles. The van der Waals surface area contributed by atoms with Crippen LogP contribution >= 0.6 is 0 Å². The second-order valence-corrected chi connectivity index (χ2v) is 7.62. The summed E-state index contributed by atoms with van der Waals surface area (Å²) in [5.41, 5.74) is 3.31. The molecule has 0 bridgehead atoms. The number of carbonyl (C=O) groups excluding carboxylic acids is 2. The average molecular weight is 346 g/mol. The van der Waals surface area contributed by atoms with Crippen molar-refractivity contribution in [3.05, 3.63) is 17.0 Å². The molecule has 1 saturated heterocycles. The number of amides is 2. The molecular formula is C19H30N4O2. The fraction of sp³-hybridized carbons (Fsp3) is 0.737. The van der Waals surface area contributed by atoms with Gasteiger partial charge in [-0.3, -0.25) is 14.3 Å². The first kappa shape index (κ1) is 18.0. The standard InChI is InChI=1S/C19H30N4O2/c1-12-17(13(2)22(4)21-12)16-10-7-11-23(16)19(25)18(20-14(3)24)15-8-5-6-9-15/h15-16,18H,5-11H2,1-4H3,(H,20,24)/t16-,18-/m0/s1. The van der Waals surface area contributed by atoms with Crippen LogP contribution in [0.5, 0.6) is 0 Å². The lowest BCUT2D eigenvalue weighted by Gasteiger charge is -2.32. The summed E-state index contributed by atoms with van der Waals surface area (Å²) in [6.45, 7) is 6.36. The zero-order chi connectivity index (χ0) is 18.1. The maximum atomic E-state index is 13.4. The number of aryl methyl sites for hydroxylation is 2. The van der Waals surface area contributed by atoms with Crippen molar-refractivity contribution in [1.82, 2.24) is 20.0 Å². The summed E-state index contributed by atoms with van der Waals surface area (Å²) in [6, 6.07) is -0.295. The highest BCUT2D eigenvalue weighted by molar-refractivity contribution is 5.87. The molecule has 6 nitrogen and oxygen atoms in total. The van der Waals surface area contributed by atoms with Gasteiger partial charge >= 0.3 is 0 Å². The second kappa shape index (κ2) is 7.18. The van der Waals surface area contributed by atoms with Crippen LogP contribution in [0.25, 0.3) is 0 Å². The van der Waals surface area contributed by atoms with Crippen LogP contribution in [0.3, 0.4) is 0 Å². The molecule has 1 aliphatic heterocycles. The molecule has 0 aromatic carbocycles. The zero-order valence-electron chi connectivity index (χ0n) is 15.8. The largest absolute Gasteiger partial charge is 0.344 e. The highest BCUT2D eigenvalue weighted by Crippen LogP contribution is 2.37. The molecule has 0 radical (unpaired) electrons. The Morgan fingerprint density at radius 2 is 1.84 bits per heavy atom. The van der Waals surface area contributed by atoms with Crippen LogP contribution in [0.15, 0.2) is 0 Å². The molecule has 1 saturated carbocycles. The van der Waals surface area contributed by atoms with Crippen LogP contribution in [0.4, 0.5) is 0 Å². The van der Waals surface area contributed by atoms with Gasteiger partial charge in [-0.15, -0.1) is 0 Å². The lowest BCUT2D eigenvalue weighted by Crippen LogP contribution is -2.51. The van der Waals surface area contributed by atoms with Gasteiger partial charge in [0.15, 0.2) is 0 Å². The number of aromatic nitrogens is 2. The Balaban J connectivity index is 1.86. The van der Waals surface area contributed by atoms with E-state index < -0.39 is 0 Å². The lowest BCUT2D eigenvalue weighted by atomic mass is 9.95. The van der Waals surface area contributed by atoms with Crippen molar-refractivity contribution in [2.24, 2.45) is 13.0 Å². The van der Waals surface area contributed by atoms with Crippen molar-refractivity contribution in [2.45, 2.75) is 71.4 Å². The summed E-state index contributed by atoms with van der Waals surface area (Å²) >= 11 is 0. The fourth-order valence-corrected chi connectivity index (χ4v) is 4.67. The first-order valence-corrected chi connectivity index (χ1v) is 9.47. The SMILES string of the molecule is CC(=O)N[C@H](C(=O)N1CCC[C@H]1c1c(C)nn(C)c1C)C1CCCC1. The second-order valence-electron chi connectivity index (χ2n) is 7.62. The molecule has 0 unspecified atom stereocenters. The Hall–Kier alpha value is -1.85. The predicted octanol–water partition coefficient (Wildman–Crippen LogP) is 2.40. The molecular weight excluding hydrogens is 316 g/mol. The lowest BCUT2D eigenvalue weighted by molar-refractivity contribution is -0.138. The molecule has 6 heteroatoms. The highest BCUT2D eigenvalue weighted by atomic mass is 16.2. The molecule has 1 N–H and O–H groups in total. The number of hydrogen-bond donors (Lipinski definition) is 1. The summed E-state index contributed by atoms with van der Waals surface area (Å²) in [5, 5.41) is 7.48. The van der Waals surface area contributed by atoms with Gasteiger partial charge in [0.25, 0.3) is 0 Å². The summed E-state index contributed by atoms with van der Waals surface area (Å²) < 4.78 is 1.90. The summed E-state index contributed by atoms with van der Waals surface area (Å²) in [4.78, 5) is 27.1. The topological polar surface area (TPSA) is 67.2 Å². The van der Waals surface area contributed by atoms with Crippen molar-refractivity contribution in [3.8, 4) is 0 Å². The third-order valence-corrected chi connectivity index (χ3v) is 5.93. The first-order chi connectivity index (χ1) is 11.9. The Bertz CT molecular complexity index is 661. The summed E-state index contributed by atoms with van der Waals surface area (Å²) in [7, 11) is 1.95. The minimum Gasteiger partial charge on any atom is -0.344 e. The quantitative estimate of drug-likeness (QED) is 0.910. The minimum absolute atomic E-state index is 0.0823. The molecule has 3 rings (SSSR count). The molecule has 2 amide bonds. The number of hydrogen-bond acceptors (Lipinski definition) is 3. The first-order valence-electron chi connectivity index (χ1n) is 9.47. The van der Waals surface area contributed by atoms with Crippen LogP contribution in [0, 0.1) is 19.8 Å². The van der Waals surface area contributed by atoms with Crippen LogP contribution in [0.1, 0.15) is 68.4 Å². The van der Waals surface area contributed by atoms with Crippen LogP contribution < -0.4 is 5.32 Å². The molecule has 1 aromatic heterocycles. The third kappa shape index (κ3) is 3.44. The number of likely N-dealkylation sites (tertiary alicyclic amines) is 1. The molecule has 2 atom stereocenters. The maximum Gasteiger partial charge on any atom is 0.245 e. The summed E-state index contributed by atoms with van der Waals surface area (Å²) in [5.74, 6) is 0.246. The van der Waals surface area contributed by atoms with Crippen molar-refractivity contribution in [3.63, 3.8) is 0 Å². The van der Waals surface area contributed by atoms with Crippen molar-refractivity contribution >= 4 is 11.8 Å². The molecule has 138 valence electrons. The molecule has 1 aromatic rings. The average Bonchev–Trinajstić information content (AvgIpc) is 3.27. The van der Waals surface area contributed by atoms with E-state index in [0.29, 0.717) is 0 Å². The van der Waals surface area contributed by atoms with Gasteiger partial charge < -0.3 is 10.2 Å². The van der Waals surface area contributed by atoms with E-state index >= 15 is 0 Å². The smallest absolute Gasteiger partial charge is 0.245 e. The van der Waals surface area contributed by atoms with E-state index in [1.54, 1.807) is 0 Å². The Morgan fingerprint density at radius 1 is 1.16 bits per heavy atom. The van der Waals surface area contributed by atoms with Gasteiger partial charge in [-0.1, -0.05) is 12.8 Å². The number of nitrogens with zero attached hydrogens (tertiary/aromatic N) is 3. The minimum atomic E-state index is -0.377. The third-order valence-electron chi connectivity index (χ3n) is 5.93. The van der Waals surface area contributed by atoms with Crippen LogP contribution in [0.2, 0.25) is 0 Å². The van der Waals surface area contributed by atoms with Crippen molar-refractivity contribution in [2.75, 3.05) is 6.54 Å². The molecule has 2 heterocycles. The molecule has 2 aliphatic rings. The van der Waals surface area contributed by atoms with E-state index in [2.05, 4.69) is 17.3 Å². The Labute approximate surface area is 149 Å². The Morgan fingerprint density at radius 3 is 2.40 bits per heavy atom. The maximum absolute atomic E-state index is 13.4. The van der Waals surface area contributed by atoms with Gasteiger partial charge in [-0.25, -0.2) is 0 Å². The zero-order valence-corrected chi connectivity index (χ0v) is 15.8. The Kier molecular flexibility index (Phi) is 5.16. The van der Waals surface area contributed by atoms with E-state index in [9.17, 15) is 9.59 Å². The van der Waals surface area contributed by atoms with E-state index in [1.165, 1.54) is 12.5 Å². The number of carbonyl (C=O) groups is 2. The van der Waals surface area contributed by atoms with E-state index in [1.807, 2.05) is 23.6 Å². The van der Waals surface area contributed by atoms with Gasteiger partial charge in [0, 0.05) is 31.8 Å². The monoisotopic (exact) mass is 346 g/mol. The number of nitrogens with one attached hydrogen (secondary N) is 1. The fourth-order valence-electron chi connectivity index (χ4n) is 4.67. The predicted molar refractivity (Wildman–Crippen MR) is 95.9 cm³/mol. The van der Waals surface area contributed by atoms with E-state index in [-0.39, 0.29) is 29.8 Å². The molecule has 0 spiro atoms. The van der Waals surface area contributed by atoms with Gasteiger partial charge in [-0.2, -0.15) is 5.10 Å². The van der Waals surface area contributed by atoms with Crippen molar-refractivity contribution in [1.29, 1.82) is 0 Å². The van der Waals surface area contributed by atoms with Gasteiger partial charge in [0.1, 0.15) is 6.04 Å². The number of rotatable bonds is 4.